The van der Waals surface area contributed by atoms with Crippen LogP contribution in [0.15, 0.2) is 0 Å². The van der Waals surface area contributed by atoms with E-state index in [2.05, 4.69) is 20.8 Å². The first-order chi connectivity index (χ1) is 6.10. The van der Waals surface area contributed by atoms with Gasteiger partial charge in [0.25, 0.3) is 0 Å². The highest BCUT2D eigenvalue weighted by Crippen LogP contribution is 2.37. The molecule has 78 valence electrons. The maximum Gasteiger partial charge on any atom is 0.0151 e. The summed E-state index contributed by atoms with van der Waals surface area (Å²) in [6.45, 7) is 6.76. The van der Waals surface area contributed by atoms with Crippen molar-refractivity contribution in [3.63, 3.8) is 0 Å². The Balaban J connectivity index is 2.50. The van der Waals surface area contributed by atoms with Crippen LogP contribution in [0.2, 0.25) is 0 Å². The molecule has 1 fully saturated rings. The Labute approximate surface area is 83.1 Å². The SMILES string of the molecule is CCC1CCCC(C(C)(N)CC)C1. The van der Waals surface area contributed by atoms with Crippen molar-refractivity contribution in [3.05, 3.63) is 0 Å². The number of rotatable bonds is 3. The molecule has 0 aromatic rings. The van der Waals surface area contributed by atoms with Crippen LogP contribution in [-0.2, 0) is 0 Å². The van der Waals surface area contributed by atoms with Gasteiger partial charge in [0.15, 0.2) is 0 Å². The summed E-state index contributed by atoms with van der Waals surface area (Å²) in [5, 5.41) is 0. The van der Waals surface area contributed by atoms with Gasteiger partial charge < -0.3 is 5.73 Å². The maximum atomic E-state index is 6.31. The molecule has 2 N–H and O–H groups in total. The lowest BCUT2D eigenvalue weighted by atomic mass is 9.70. The van der Waals surface area contributed by atoms with Crippen molar-refractivity contribution in [2.45, 2.75) is 64.8 Å². The first-order valence-electron chi connectivity index (χ1n) is 5.89. The zero-order chi connectivity index (χ0) is 9.90. The normalized spacial score (nSPS) is 34.2. The third-order valence-electron chi connectivity index (χ3n) is 4.05. The molecule has 1 aliphatic rings. The summed E-state index contributed by atoms with van der Waals surface area (Å²) in [7, 11) is 0. The molecule has 0 radical (unpaired) electrons. The van der Waals surface area contributed by atoms with Gasteiger partial charge in [-0.15, -0.1) is 0 Å². The highest BCUT2D eigenvalue weighted by atomic mass is 14.7. The summed E-state index contributed by atoms with van der Waals surface area (Å²) < 4.78 is 0. The molecule has 1 nitrogen and oxygen atoms in total. The van der Waals surface area contributed by atoms with Gasteiger partial charge in [-0.3, -0.25) is 0 Å². The standard InChI is InChI=1S/C12H25N/c1-4-10-7-6-8-11(9-10)12(3,13)5-2/h10-11H,4-9,13H2,1-3H3. The third-order valence-corrected chi connectivity index (χ3v) is 4.05. The van der Waals surface area contributed by atoms with Crippen LogP contribution in [0.4, 0.5) is 0 Å². The smallest absolute Gasteiger partial charge is 0.0151 e. The van der Waals surface area contributed by atoms with Crippen molar-refractivity contribution in [1.29, 1.82) is 0 Å². The molecular weight excluding hydrogens is 158 g/mol. The van der Waals surface area contributed by atoms with Gasteiger partial charge in [0, 0.05) is 5.54 Å². The molecule has 1 aliphatic carbocycles. The number of hydrogen-bond donors (Lipinski definition) is 1. The van der Waals surface area contributed by atoms with Crippen LogP contribution < -0.4 is 5.73 Å². The van der Waals surface area contributed by atoms with Gasteiger partial charge in [-0.2, -0.15) is 0 Å². The fraction of sp³-hybridized carbons (Fsp3) is 1.00. The van der Waals surface area contributed by atoms with E-state index >= 15 is 0 Å². The highest BCUT2D eigenvalue weighted by molar-refractivity contribution is 4.89. The minimum atomic E-state index is 0.0911. The predicted octanol–water partition coefficient (Wildman–Crippen LogP) is 3.33. The van der Waals surface area contributed by atoms with E-state index in [1.807, 2.05) is 0 Å². The van der Waals surface area contributed by atoms with Gasteiger partial charge >= 0.3 is 0 Å². The quantitative estimate of drug-likeness (QED) is 0.713. The lowest BCUT2D eigenvalue weighted by molar-refractivity contribution is 0.169. The van der Waals surface area contributed by atoms with E-state index < -0.39 is 0 Å². The zero-order valence-corrected chi connectivity index (χ0v) is 9.47. The highest BCUT2D eigenvalue weighted by Gasteiger charge is 2.32. The van der Waals surface area contributed by atoms with Gasteiger partial charge in [0.2, 0.25) is 0 Å². The van der Waals surface area contributed by atoms with E-state index in [1.54, 1.807) is 0 Å². The maximum absolute atomic E-state index is 6.31. The molecule has 3 atom stereocenters. The Morgan fingerprint density at radius 3 is 2.54 bits per heavy atom. The molecule has 1 heteroatoms. The fourth-order valence-corrected chi connectivity index (χ4v) is 2.55. The summed E-state index contributed by atoms with van der Waals surface area (Å²) in [5.74, 6) is 1.73. The minimum absolute atomic E-state index is 0.0911. The first-order valence-corrected chi connectivity index (χ1v) is 5.89. The second-order valence-corrected chi connectivity index (χ2v) is 5.00. The van der Waals surface area contributed by atoms with Crippen LogP contribution in [0.1, 0.15) is 59.3 Å². The van der Waals surface area contributed by atoms with Gasteiger partial charge in [0.05, 0.1) is 0 Å². The zero-order valence-electron chi connectivity index (χ0n) is 9.47. The molecule has 13 heavy (non-hydrogen) atoms. The van der Waals surface area contributed by atoms with E-state index in [1.165, 1.54) is 32.1 Å². The van der Waals surface area contributed by atoms with Crippen LogP contribution >= 0.6 is 0 Å². The second kappa shape index (κ2) is 4.45. The molecule has 0 aliphatic heterocycles. The predicted molar refractivity (Wildman–Crippen MR) is 58.6 cm³/mol. The van der Waals surface area contributed by atoms with E-state index in [9.17, 15) is 0 Å². The molecule has 0 bridgehead atoms. The number of nitrogens with two attached hydrogens (primary N) is 1. The van der Waals surface area contributed by atoms with Crippen molar-refractivity contribution in [3.8, 4) is 0 Å². The van der Waals surface area contributed by atoms with Gasteiger partial charge in [-0.1, -0.05) is 33.1 Å². The van der Waals surface area contributed by atoms with Crippen molar-refractivity contribution in [2.75, 3.05) is 0 Å². The van der Waals surface area contributed by atoms with Crippen molar-refractivity contribution in [1.82, 2.24) is 0 Å². The average molecular weight is 183 g/mol. The minimum Gasteiger partial charge on any atom is -0.325 e. The molecule has 0 aromatic carbocycles. The number of hydrogen-bond acceptors (Lipinski definition) is 1. The summed E-state index contributed by atoms with van der Waals surface area (Å²) in [5.41, 5.74) is 6.40. The van der Waals surface area contributed by atoms with E-state index in [4.69, 9.17) is 5.73 Å². The molecule has 0 amide bonds. The Morgan fingerprint density at radius 2 is 2.00 bits per heavy atom. The van der Waals surface area contributed by atoms with E-state index in [-0.39, 0.29) is 5.54 Å². The summed E-state index contributed by atoms with van der Waals surface area (Å²) in [4.78, 5) is 0. The Bertz CT molecular complexity index is 151. The third kappa shape index (κ3) is 2.70. The lowest BCUT2D eigenvalue weighted by Crippen LogP contribution is -2.45. The Morgan fingerprint density at radius 1 is 1.31 bits per heavy atom. The monoisotopic (exact) mass is 183 g/mol. The van der Waals surface area contributed by atoms with Crippen molar-refractivity contribution < 1.29 is 0 Å². The molecule has 0 heterocycles. The average Bonchev–Trinajstić information content (AvgIpc) is 2.18. The summed E-state index contributed by atoms with van der Waals surface area (Å²) >= 11 is 0. The topological polar surface area (TPSA) is 26.0 Å². The Hall–Kier alpha value is -0.0400. The summed E-state index contributed by atoms with van der Waals surface area (Å²) in [6, 6.07) is 0. The van der Waals surface area contributed by atoms with Gasteiger partial charge in [-0.05, 0) is 38.0 Å². The molecule has 1 saturated carbocycles. The molecule has 0 saturated heterocycles. The largest absolute Gasteiger partial charge is 0.325 e. The van der Waals surface area contributed by atoms with Crippen LogP contribution in [0.3, 0.4) is 0 Å². The van der Waals surface area contributed by atoms with Gasteiger partial charge in [0.1, 0.15) is 0 Å². The van der Waals surface area contributed by atoms with Crippen molar-refractivity contribution >= 4 is 0 Å². The van der Waals surface area contributed by atoms with E-state index in [0.29, 0.717) is 0 Å². The Kier molecular flexibility index (Phi) is 3.78. The molecular formula is C12H25N. The van der Waals surface area contributed by atoms with Crippen molar-refractivity contribution in [2.24, 2.45) is 17.6 Å². The van der Waals surface area contributed by atoms with Crippen LogP contribution in [0.5, 0.6) is 0 Å². The molecule has 3 unspecified atom stereocenters. The first kappa shape index (κ1) is 11.0. The second-order valence-electron chi connectivity index (χ2n) is 5.00. The summed E-state index contributed by atoms with van der Waals surface area (Å²) in [6.07, 6.45) is 8.03. The lowest BCUT2D eigenvalue weighted by Gasteiger charge is -2.39. The molecule has 1 rings (SSSR count). The van der Waals surface area contributed by atoms with E-state index in [0.717, 1.165) is 18.3 Å². The van der Waals surface area contributed by atoms with Crippen LogP contribution in [-0.4, -0.2) is 5.54 Å². The van der Waals surface area contributed by atoms with Crippen LogP contribution in [0.25, 0.3) is 0 Å². The van der Waals surface area contributed by atoms with Crippen LogP contribution in [0, 0.1) is 11.8 Å². The molecule has 0 aromatic heterocycles. The van der Waals surface area contributed by atoms with Gasteiger partial charge in [-0.25, -0.2) is 0 Å². The molecule has 0 spiro atoms. The fourth-order valence-electron chi connectivity index (χ4n) is 2.55.